The van der Waals surface area contributed by atoms with Gasteiger partial charge in [0.05, 0.1) is 0 Å². The first-order valence-electron chi connectivity index (χ1n) is 20.7. The molecule has 0 radical (unpaired) electrons. The maximum Gasteiger partial charge on any atom is 0.135 e. The second-order valence-electron chi connectivity index (χ2n) is 16.0. The zero-order chi connectivity index (χ0) is 40.2. The van der Waals surface area contributed by atoms with Gasteiger partial charge in [0, 0.05) is 61.1 Å². The van der Waals surface area contributed by atoms with Gasteiger partial charge in [-0.1, -0.05) is 145 Å². The van der Waals surface area contributed by atoms with Gasteiger partial charge in [-0.3, -0.25) is 0 Å². The Balaban J connectivity index is 0.00000410. The standard InChI is InChI=1S/C56H35N4O.Pt/c1-58-35-59-51-34-39(61-38-28-30-43-42-19-8-9-25-48(42)60(50(43)33-38)52-27-10-11-32-57-52)29-31-46(51)56(47-24-14-26-49(58)55(47)59)53-40(36-15-4-2-5-16-36)20-12-22-44(53)45-23-13-21-41(54(45)56)37-17-6-3-7-18-37;/h2-32,35H,1H3;/q-3;. The molecule has 1 spiro atoms. The first-order chi connectivity index (χ1) is 30.2. The Hall–Kier alpha value is -7.20. The smallest absolute Gasteiger partial charge is 0.135 e. The van der Waals surface area contributed by atoms with Crippen molar-refractivity contribution in [1.82, 2.24) is 9.55 Å². The molecule has 3 aliphatic rings. The number of pyridine rings is 1. The molecule has 0 atom stereocenters. The number of aromatic nitrogens is 2. The Labute approximate surface area is 374 Å². The zero-order valence-corrected chi connectivity index (χ0v) is 35.8. The van der Waals surface area contributed by atoms with E-state index in [9.17, 15) is 0 Å². The fourth-order valence-corrected chi connectivity index (χ4v) is 10.5. The van der Waals surface area contributed by atoms with Crippen molar-refractivity contribution in [3.63, 3.8) is 0 Å². The van der Waals surface area contributed by atoms with Crippen molar-refractivity contribution >= 4 is 38.9 Å². The third kappa shape index (κ3) is 5.03. The molecule has 5 nitrogen and oxygen atoms in total. The van der Waals surface area contributed by atoms with Gasteiger partial charge < -0.3 is 19.1 Å². The van der Waals surface area contributed by atoms with E-state index in [-0.39, 0.29) is 21.1 Å². The topological polar surface area (TPSA) is 33.5 Å². The summed E-state index contributed by atoms with van der Waals surface area (Å²) in [4.78, 5) is 9.27. The van der Waals surface area contributed by atoms with Gasteiger partial charge in [0.15, 0.2) is 0 Å². The van der Waals surface area contributed by atoms with Crippen LogP contribution in [0.5, 0.6) is 11.5 Å². The van der Waals surface area contributed by atoms with Crippen LogP contribution in [0.25, 0.3) is 61.0 Å². The molecule has 8 aromatic carbocycles. The van der Waals surface area contributed by atoms with E-state index >= 15 is 0 Å². The molecule has 0 fully saturated rings. The number of ether oxygens (including phenoxy) is 1. The second kappa shape index (κ2) is 13.9. The number of hydrogen-bond acceptors (Lipinski definition) is 4. The van der Waals surface area contributed by atoms with Crippen LogP contribution in [0, 0.1) is 18.8 Å². The van der Waals surface area contributed by atoms with Crippen LogP contribution in [0.3, 0.4) is 0 Å². The molecule has 298 valence electrons. The van der Waals surface area contributed by atoms with Crippen molar-refractivity contribution in [3.05, 3.63) is 229 Å². The molecule has 6 heteroatoms. The maximum atomic E-state index is 6.84. The normalized spacial score (nSPS) is 13.8. The van der Waals surface area contributed by atoms with Gasteiger partial charge in [-0.25, -0.2) is 4.98 Å². The Morgan fingerprint density at radius 3 is 1.89 bits per heavy atom. The van der Waals surface area contributed by atoms with E-state index < -0.39 is 5.41 Å². The molecule has 0 amide bonds. The molecule has 0 bridgehead atoms. The monoisotopic (exact) mass is 974 g/mol. The van der Waals surface area contributed by atoms with E-state index in [1.54, 1.807) is 0 Å². The fourth-order valence-electron chi connectivity index (χ4n) is 10.5. The number of nitrogens with zero attached hydrogens (tertiary/aromatic N) is 4. The van der Waals surface area contributed by atoms with Crippen LogP contribution in [0.15, 0.2) is 188 Å². The summed E-state index contributed by atoms with van der Waals surface area (Å²) >= 11 is 0. The van der Waals surface area contributed by atoms with E-state index in [2.05, 4.69) is 198 Å². The average Bonchev–Trinajstić information content (AvgIpc) is 3.95. The number of anilines is 3. The number of para-hydroxylation sites is 2. The van der Waals surface area contributed by atoms with Crippen LogP contribution in [-0.2, 0) is 26.5 Å². The quantitative estimate of drug-likeness (QED) is 0.161. The van der Waals surface area contributed by atoms with Gasteiger partial charge in [-0.05, 0) is 86.8 Å². The molecule has 0 N–H and O–H groups in total. The summed E-state index contributed by atoms with van der Waals surface area (Å²) in [6.07, 6.45) is 1.83. The van der Waals surface area contributed by atoms with Crippen LogP contribution in [0.4, 0.5) is 17.1 Å². The van der Waals surface area contributed by atoms with E-state index in [1.807, 2.05) is 30.5 Å². The van der Waals surface area contributed by atoms with Crippen LogP contribution in [0.2, 0.25) is 0 Å². The molecule has 0 saturated carbocycles. The maximum absolute atomic E-state index is 6.84. The van der Waals surface area contributed by atoms with E-state index in [4.69, 9.17) is 9.72 Å². The first kappa shape index (κ1) is 36.6. The minimum atomic E-state index is -0.705. The molecule has 2 aromatic heterocycles. The van der Waals surface area contributed by atoms with Gasteiger partial charge in [0.1, 0.15) is 5.82 Å². The fraction of sp³-hybridized carbons (Fsp3) is 0.0357. The van der Waals surface area contributed by atoms with E-state index in [1.165, 1.54) is 50.1 Å². The van der Waals surface area contributed by atoms with Crippen molar-refractivity contribution < 1.29 is 25.8 Å². The minimum Gasteiger partial charge on any atom is -0.509 e. The molecular weight excluding hydrogens is 940 g/mol. The van der Waals surface area contributed by atoms with Crippen molar-refractivity contribution in [2.75, 3.05) is 16.8 Å². The molecule has 0 saturated heterocycles. The summed E-state index contributed by atoms with van der Waals surface area (Å²) in [6.45, 7) is 2.19. The number of hydrogen-bond donors (Lipinski definition) is 0. The Morgan fingerprint density at radius 1 is 0.548 bits per heavy atom. The van der Waals surface area contributed by atoms with E-state index in [0.29, 0.717) is 11.5 Å². The summed E-state index contributed by atoms with van der Waals surface area (Å²) in [7, 11) is 2.13. The number of rotatable bonds is 5. The Kier molecular flexibility index (Phi) is 8.22. The minimum absolute atomic E-state index is 0. The van der Waals surface area contributed by atoms with Crippen LogP contribution in [-0.4, -0.2) is 16.6 Å². The largest absolute Gasteiger partial charge is 0.509 e. The average molecular weight is 975 g/mol. The predicted octanol–water partition coefficient (Wildman–Crippen LogP) is 13.3. The third-order valence-electron chi connectivity index (χ3n) is 12.9. The molecule has 1 aliphatic carbocycles. The molecule has 10 aromatic rings. The molecule has 4 heterocycles. The Morgan fingerprint density at radius 2 is 1.18 bits per heavy atom. The van der Waals surface area contributed by atoms with Gasteiger partial charge in [-0.15, -0.1) is 35.2 Å². The second-order valence-corrected chi connectivity index (χ2v) is 16.0. The summed E-state index contributed by atoms with van der Waals surface area (Å²) in [5.74, 6) is 2.05. The number of benzene rings is 8. The van der Waals surface area contributed by atoms with E-state index in [0.717, 1.165) is 50.2 Å². The molecular formula is C56H35N4OPt-3. The third-order valence-corrected chi connectivity index (χ3v) is 12.9. The van der Waals surface area contributed by atoms with Gasteiger partial charge in [0.2, 0.25) is 0 Å². The van der Waals surface area contributed by atoms with Gasteiger partial charge in [-0.2, -0.15) is 18.8 Å². The van der Waals surface area contributed by atoms with Crippen LogP contribution < -0.4 is 14.5 Å². The van der Waals surface area contributed by atoms with Crippen LogP contribution >= 0.6 is 0 Å². The van der Waals surface area contributed by atoms with Crippen molar-refractivity contribution in [1.29, 1.82) is 0 Å². The molecule has 0 unspecified atom stereocenters. The van der Waals surface area contributed by atoms with Crippen molar-refractivity contribution in [2.24, 2.45) is 0 Å². The SMILES string of the molecule is CN1[CH-]N2c3[c-]c(Oc4[c-]c5c(cc4)c4ccccc4n5-c4ccccn4)ccc3C3(c4cccc1c42)c1c(-c2ccccc2)cccc1-c1cccc(-c2ccccc2)c13.[Pt]. The zero-order valence-electron chi connectivity index (χ0n) is 33.5. The number of fused-ring (bicyclic) bond motifs is 12. The van der Waals surface area contributed by atoms with Gasteiger partial charge in [0.25, 0.3) is 0 Å². The molecule has 13 rings (SSSR count). The van der Waals surface area contributed by atoms with Crippen molar-refractivity contribution in [3.8, 4) is 50.7 Å². The Bertz CT molecular complexity index is 3310. The van der Waals surface area contributed by atoms with Crippen molar-refractivity contribution in [2.45, 2.75) is 5.41 Å². The summed E-state index contributed by atoms with van der Waals surface area (Å²) in [5.41, 5.74) is 16.8. The van der Waals surface area contributed by atoms with Gasteiger partial charge >= 0.3 is 0 Å². The first-order valence-corrected chi connectivity index (χ1v) is 20.7. The molecule has 62 heavy (non-hydrogen) atoms. The summed E-state index contributed by atoms with van der Waals surface area (Å²) < 4.78 is 9.00. The summed E-state index contributed by atoms with van der Waals surface area (Å²) in [5, 5.41) is 2.23. The molecule has 2 aliphatic heterocycles. The predicted molar refractivity (Wildman–Crippen MR) is 246 cm³/mol. The summed E-state index contributed by atoms with van der Waals surface area (Å²) in [6, 6.07) is 72.6. The van der Waals surface area contributed by atoms with Crippen LogP contribution in [0.1, 0.15) is 22.3 Å².